The van der Waals surface area contributed by atoms with E-state index >= 15 is 0 Å². The Bertz CT molecular complexity index is 1490. The molecule has 0 unspecified atom stereocenters. The van der Waals surface area contributed by atoms with Crippen molar-refractivity contribution in [2.45, 2.75) is 84.8 Å². The molecule has 0 aromatic heterocycles. The quantitative estimate of drug-likeness (QED) is 0.328. The number of hydrogen-bond donors (Lipinski definition) is 1. The van der Waals surface area contributed by atoms with Crippen LogP contribution in [0.4, 0.5) is 5.69 Å². The summed E-state index contributed by atoms with van der Waals surface area (Å²) in [5, 5.41) is 3.00. The molecule has 0 saturated carbocycles. The molecule has 1 atom stereocenters. The number of anilines is 1. The number of sulfonamides is 1. The summed E-state index contributed by atoms with van der Waals surface area (Å²) in [5.74, 6) is -0.736. The van der Waals surface area contributed by atoms with Crippen molar-refractivity contribution in [3.63, 3.8) is 0 Å². The molecule has 8 heteroatoms. The first-order valence-corrected chi connectivity index (χ1v) is 15.4. The molecule has 41 heavy (non-hydrogen) atoms. The van der Waals surface area contributed by atoms with E-state index in [4.69, 9.17) is 0 Å². The van der Waals surface area contributed by atoms with Crippen molar-refractivity contribution in [2.75, 3.05) is 10.8 Å². The van der Waals surface area contributed by atoms with Crippen LogP contribution in [-0.4, -0.2) is 43.3 Å². The molecule has 7 nitrogen and oxygen atoms in total. The van der Waals surface area contributed by atoms with E-state index < -0.39 is 34.1 Å². The van der Waals surface area contributed by atoms with Gasteiger partial charge in [0.25, 0.3) is 10.0 Å². The number of hydrogen-bond acceptors (Lipinski definition) is 4. The van der Waals surface area contributed by atoms with Crippen molar-refractivity contribution < 1.29 is 18.0 Å². The van der Waals surface area contributed by atoms with Gasteiger partial charge >= 0.3 is 0 Å². The average Bonchev–Trinajstić information content (AvgIpc) is 2.88. The smallest absolute Gasteiger partial charge is 0.264 e. The standard InChI is InChI=1S/C33H43N3O4S/c1-9-29(32(38)34-33(6,7)8)35(21-27-14-10-12-24(3)20-27)31(37)22-36(30-15-11-13-25(4)26(30)5)41(39,40)28-18-16-23(2)17-19-28/h10-20,29H,9,21-22H2,1-8H3,(H,34,38)/t29-/m0/s1. The van der Waals surface area contributed by atoms with E-state index in [9.17, 15) is 18.0 Å². The molecule has 0 heterocycles. The number of nitrogens with zero attached hydrogens (tertiary/aromatic N) is 2. The SMILES string of the molecule is CC[C@@H](C(=O)NC(C)(C)C)N(Cc1cccc(C)c1)C(=O)CN(c1cccc(C)c1C)S(=O)(=O)c1ccc(C)cc1. The van der Waals surface area contributed by atoms with Crippen LogP contribution in [0.2, 0.25) is 0 Å². The lowest BCUT2D eigenvalue weighted by atomic mass is 10.0. The topological polar surface area (TPSA) is 86.8 Å². The van der Waals surface area contributed by atoms with Crippen molar-refractivity contribution >= 4 is 27.5 Å². The first-order chi connectivity index (χ1) is 19.1. The van der Waals surface area contributed by atoms with E-state index in [1.807, 2.05) is 85.7 Å². The van der Waals surface area contributed by atoms with E-state index in [2.05, 4.69) is 5.32 Å². The van der Waals surface area contributed by atoms with Crippen molar-refractivity contribution in [3.8, 4) is 0 Å². The van der Waals surface area contributed by atoms with E-state index in [-0.39, 0.29) is 17.3 Å². The van der Waals surface area contributed by atoms with Crippen LogP contribution >= 0.6 is 0 Å². The highest BCUT2D eigenvalue weighted by Gasteiger charge is 2.35. The average molecular weight is 578 g/mol. The van der Waals surface area contributed by atoms with Gasteiger partial charge in [-0.2, -0.15) is 0 Å². The molecule has 1 N–H and O–H groups in total. The summed E-state index contributed by atoms with van der Waals surface area (Å²) in [6.07, 6.45) is 0.369. The fraction of sp³-hybridized carbons (Fsp3) is 0.394. The number of carbonyl (C=O) groups is 2. The third-order valence-corrected chi connectivity index (χ3v) is 8.83. The van der Waals surface area contributed by atoms with Gasteiger partial charge in [-0.05, 0) is 89.8 Å². The minimum absolute atomic E-state index is 0.0968. The second-order valence-corrected chi connectivity index (χ2v) is 13.6. The second-order valence-electron chi connectivity index (χ2n) is 11.7. The predicted molar refractivity (Wildman–Crippen MR) is 165 cm³/mol. The number of aryl methyl sites for hydroxylation is 3. The van der Waals surface area contributed by atoms with Gasteiger partial charge in [0.2, 0.25) is 11.8 Å². The minimum Gasteiger partial charge on any atom is -0.350 e. The van der Waals surface area contributed by atoms with E-state index in [1.54, 1.807) is 36.4 Å². The van der Waals surface area contributed by atoms with Crippen LogP contribution in [0.5, 0.6) is 0 Å². The Morgan fingerprint density at radius 3 is 2.10 bits per heavy atom. The van der Waals surface area contributed by atoms with E-state index in [1.165, 1.54) is 9.21 Å². The molecule has 220 valence electrons. The highest BCUT2D eigenvalue weighted by Crippen LogP contribution is 2.29. The number of rotatable bonds is 10. The first-order valence-electron chi connectivity index (χ1n) is 14.0. The first kappa shape index (κ1) is 31.9. The normalized spacial score (nSPS) is 12.5. The van der Waals surface area contributed by atoms with Crippen molar-refractivity contribution in [3.05, 3.63) is 94.5 Å². The lowest BCUT2D eigenvalue weighted by molar-refractivity contribution is -0.141. The highest BCUT2D eigenvalue weighted by molar-refractivity contribution is 7.92. The van der Waals surface area contributed by atoms with Gasteiger partial charge in [-0.15, -0.1) is 0 Å². The molecule has 3 aromatic carbocycles. The molecule has 0 radical (unpaired) electrons. The van der Waals surface area contributed by atoms with Gasteiger partial charge in [0.1, 0.15) is 12.6 Å². The van der Waals surface area contributed by atoms with E-state index in [0.29, 0.717) is 12.1 Å². The van der Waals surface area contributed by atoms with Gasteiger partial charge in [-0.25, -0.2) is 8.42 Å². The maximum absolute atomic E-state index is 14.3. The summed E-state index contributed by atoms with van der Waals surface area (Å²) < 4.78 is 29.4. The van der Waals surface area contributed by atoms with Gasteiger partial charge < -0.3 is 10.2 Å². The van der Waals surface area contributed by atoms with Crippen LogP contribution in [-0.2, 0) is 26.2 Å². The highest BCUT2D eigenvalue weighted by atomic mass is 32.2. The van der Waals surface area contributed by atoms with Gasteiger partial charge in [0, 0.05) is 12.1 Å². The number of nitrogens with one attached hydrogen (secondary N) is 1. The van der Waals surface area contributed by atoms with Gasteiger partial charge in [0.15, 0.2) is 0 Å². The zero-order chi connectivity index (χ0) is 30.5. The number of benzene rings is 3. The van der Waals surface area contributed by atoms with E-state index in [0.717, 1.165) is 27.8 Å². The largest absolute Gasteiger partial charge is 0.350 e. The summed E-state index contributed by atoms with van der Waals surface area (Å²) in [4.78, 5) is 29.3. The fourth-order valence-corrected chi connectivity index (χ4v) is 6.21. The maximum Gasteiger partial charge on any atom is 0.264 e. The molecule has 0 spiro atoms. The Kier molecular flexibility index (Phi) is 10.0. The molecular formula is C33H43N3O4S. The van der Waals surface area contributed by atoms with Crippen LogP contribution in [0, 0.1) is 27.7 Å². The molecule has 3 aromatic rings. The monoisotopic (exact) mass is 577 g/mol. The summed E-state index contributed by atoms with van der Waals surface area (Å²) in [7, 11) is -4.11. The summed E-state index contributed by atoms with van der Waals surface area (Å²) in [6, 6.07) is 19.0. The van der Waals surface area contributed by atoms with Gasteiger partial charge in [0.05, 0.1) is 10.6 Å². The number of amides is 2. The Morgan fingerprint density at radius 2 is 1.51 bits per heavy atom. The molecule has 3 rings (SSSR count). The Labute approximate surface area is 245 Å². The summed E-state index contributed by atoms with van der Waals surface area (Å²) >= 11 is 0. The summed E-state index contributed by atoms with van der Waals surface area (Å²) in [6.45, 7) is 14.9. The van der Waals surface area contributed by atoms with Crippen molar-refractivity contribution in [1.29, 1.82) is 0 Å². The fourth-order valence-electron chi connectivity index (χ4n) is 4.74. The molecule has 0 aliphatic rings. The van der Waals surface area contributed by atoms with Crippen LogP contribution in [0.15, 0.2) is 71.6 Å². The lowest BCUT2D eigenvalue weighted by Gasteiger charge is -2.35. The molecule has 0 aliphatic carbocycles. The van der Waals surface area contributed by atoms with Gasteiger partial charge in [-0.3, -0.25) is 13.9 Å². The molecule has 0 aliphatic heterocycles. The maximum atomic E-state index is 14.3. The van der Waals surface area contributed by atoms with Crippen LogP contribution in [0.3, 0.4) is 0 Å². The summed E-state index contributed by atoms with van der Waals surface area (Å²) in [5.41, 5.74) is 4.42. The minimum atomic E-state index is -4.11. The Balaban J connectivity index is 2.12. The lowest BCUT2D eigenvalue weighted by Crippen LogP contribution is -2.55. The van der Waals surface area contributed by atoms with Crippen molar-refractivity contribution in [1.82, 2.24) is 10.2 Å². The third kappa shape index (κ3) is 7.97. The molecule has 0 fully saturated rings. The van der Waals surface area contributed by atoms with Crippen LogP contribution in [0.25, 0.3) is 0 Å². The van der Waals surface area contributed by atoms with Crippen LogP contribution < -0.4 is 9.62 Å². The Morgan fingerprint density at radius 1 is 0.878 bits per heavy atom. The molecular weight excluding hydrogens is 534 g/mol. The van der Waals surface area contributed by atoms with Crippen LogP contribution in [0.1, 0.15) is 61.9 Å². The zero-order valence-electron chi connectivity index (χ0n) is 25.5. The second kappa shape index (κ2) is 12.9. The molecule has 0 saturated heterocycles. The predicted octanol–water partition coefficient (Wildman–Crippen LogP) is 5.84. The Hall–Kier alpha value is -3.65. The number of carbonyl (C=O) groups excluding carboxylic acids is 2. The zero-order valence-corrected chi connectivity index (χ0v) is 26.3. The van der Waals surface area contributed by atoms with Crippen molar-refractivity contribution in [2.24, 2.45) is 0 Å². The van der Waals surface area contributed by atoms with Gasteiger partial charge in [-0.1, -0.05) is 66.6 Å². The third-order valence-electron chi connectivity index (χ3n) is 7.05. The molecule has 2 amide bonds. The molecule has 0 bridgehead atoms.